The molecule has 1 atom stereocenters. The lowest BCUT2D eigenvalue weighted by atomic mass is 9.93. The van der Waals surface area contributed by atoms with E-state index in [9.17, 15) is 0 Å². The van der Waals surface area contributed by atoms with E-state index in [0.29, 0.717) is 0 Å². The van der Waals surface area contributed by atoms with Crippen LogP contribution in [0.3, 0.4) is 0 Å². The number of nitrogens with one attached hydrogen (secondary N) is 1. The van der Waals surface area contributed by atoms with Crippen LogP contribution in [0.2, 0.25) is 0 Å². The third-order valence-electron chi connectivity index (χ3n) is 10.6. The second kappa shape index (κ2) is 13.5. The number of benzene rings is 8. The van der Waals surface area contributed by atoms with Crippen molar-refractivity contribution in [3.63, 3.8) is 0 Å². The predicted octanol–water partition coefficient (Wildman–Crippen LogP) is 12.7. The summed E-state index contributed by atoms with van der Waals surface area (Å²) in [4.78, 5) is 9.81. The molecule has 254 valence electrons. The van der Waals surface area contributed by atoms with Crippen LogP contribution in [0.4, 0.5) is 0 Å². The topological polar surface area (TPSA) is 37.3 Å². The Morgan fingerprint density at radius 2 is 0.907 bits per heavy atom. The molecule has 0 fully saturated rings. The van der Waals surface area contributed by atoms with Crippen LogP contribution in [0.5, 0.6) is 0 Å². The first-order chi connectivity index (χ1) is 26.7. The van der Waals surface area contributed by atoms with Crippen molar-refractivity contribution in [1.82, 2.24) is 10.3 Å². The molecule has 2 heterocycles. The molecule has 9 aromatic rings. The van der Waals surface area contributed by atoms with Crippen LogP contribution >= 0.6 is 0 Å². The van der Waals surface area contributed by atoms with E-state index in [1.54, 1.807) is 0 Å². The Hall–Kier alpha value is -7.10. The second-order valence-corrected chi connectivity index (χ2v) is 13.9. The molecule has 10 rings (SSSR count). The SMILES string of the molecule is C1=C(c2ccc(-c3cncc4ccccc34)cc2)N=C(c2ccc(-c3cccc4ccccc34)cc2)NC1c1cccc(-c2cccc3ccccc23)c1. The van der Waals surface area contributed by atoms with Gasteiger partial charge >= 0.3 is 0 Å². The van der Waals surface area contributed by atoms with Gasteiger partial charge in [-0.2, -0.15) is 0 Å². The largest absolute Gasteiger partial charge is 0.359 e. The van der Waals surface area contributed by atoms with Crippen molar-refractivity contribution in [2.75, 3.05) is 0 Å². The Kier molecular flexibility index (Phi) is 7.88. The maximum Gasteiger partial charge on any atom is 0.134 e. The van der Waals surface area contributed by atoms with E-state index >= 15 is 0 Å². The Labute approximate surface area is 314 Å². The molecule has 1 N–H and O–H groups in total. The fourth-order valence-electron chi connectivity index (χ4n) is 7.85. The zero-order chi connectivity index (χ0) is 35.8. The van der Waals surface area contributed by atoms with Crippen LogP contribution in [-0.2, 0) is 0 Å². The zero-order valence-electron chi connectivity index (χ0n) is 29.5. The average Bonchev–Trinajstić information content (AvgIpc) is 3.26. The van der Waals surface area contributed by atoms with E-state index in [4.69, 9.17) is 4.99 Å². The first kappa shape index (κ1) is 31.6. The van der Waals surface area contributed by atoms with Crippen molar-refractivity contribution in [2.24, 2.45) is 4.99 Å². The summed E-state index contributed by atoms with van der Waals surface area (Å²) in [5, 5.41) is 11.1. The summed E-state index contributed by atoms with van der Waals surface area (Å²) in [6.07, 6.45) is 6.14. The summed E-state index contributed by atoms with van der Waals surface area (Å²) in [5.41, 5.74) is 11.3. The smallest absolute Gasteiger partial charge is 0.134 e. The minimum atomic E-state index is -0.0953. The molecule has 0 spiro atoms. The molecular weight excluding hydrogens is 655 g/mol. The van der Waals surface area contributed by atoms with Gasteiger partial charge in [0.05, 0.1) is 11.7 Å². The molecular formula is C51H35N3. The van der Waals surface area contributed by atoms with Crippen LogP contribution in [0, 0.1) is 0 Å². The summed E-state index contributed by atoms with van der Waals surface area (Å²) in [5.74, 6) is 0.847. The monoisotopic (exact) mass is 689 g/mol. The van der Waals surface area contributed by atoms with Crippen molar-refractivity contribution in [3.05, 3.63) is 217 Å². The van der Waals surface area contributed by atoms with Crippen LogP contribution in [0.25, 0.3) is 71.4 Å². The third kappa shape index (κ3) is 5.82. The quantitative estimate of drug-likeness (QED) is 0.189. The molecule has 1 aliphatic rings. The van der Waals surface area contributed by atoms with Crippen LogP contribution in [-0.4, -0.2) is 10.8 Å². The molecule has 1 unspecified atom stereocenters. The molecule has 54 heavy (non-hydrogen) atoms. The van der Waals surface area contributed by atoms with E-state index in [2.05, 4.69) is 198 Å². The first-order valence-corrected chi connectivity index (χ1v) is 18.4. The van der Waals surface area contributed by atoms with Gasteiger partial charge in [0.2, 0.25) is 0 Å². The molecule has 1 aliphatic heterocycles. The van der Waals surface area contributed by atoms with E-state index in [1.165, 1.54) is 54.7 Å². The van der Waals surface area contributed by atoms with Gasteiger partial charge in [0.15, 0.2) is 0 Å². The highest BCUT2D eigenvalue weighted by atomic mass is 15.0. The molecule has 0 amide bonds. The minimum Gasteiger partial charge on any atom is -0.359 e. The van der Waals surface area contributed by atoms with Crippen LogP contribution < -0.4 is 5.32 Å². The lowest BCUT2D eigenvalue weighted by molar-refractivity contribution is 0.781. The number of fused-ring (bicyclic) bond motifs is 3. The number of hydrogen-bond acceptors (Lipinski definition) is 3. The highest BCUT2D eigenvalue weighted by Gasteiger charge is 2.21. The molecule has 0 bridgehead atoms. The number of pyridine rings is 1. The standard InChI is InChI=1S/C51H35N3/c1-4-17-43-34(10-1)13-8-20-45(43)36-24-28-39(29-25-36)51-53-49(38-26-22-37(23-27-38)48-33-52-32-42-12-3-6-19-47(42)48)31-50(54-51)41-16-7-15-40(30-41)46-21-9-14-35-11-2-5-18-44(35)46/h1-33,50H,(H,53,54). The van der Waals surface area contributed by atoms with Gasteiger partial charge < -0.3 is 5.32 Å². The van der Waals surface area contributed by atoms with Gasteiger partial charge in [-0.25, -0.2) is 4.99 Å². The van der Waals surface area contributed by atoms with E-state index in [1.807, 2.05) is 12.4 Å². The van der Waals surface area contributed by atoms with Gasteiger partial charge in [-0.15, -0.1) is 0 Å². The molecule has 1 aromatic heterocycles. The maximum absolute atomic E-state index is 5.28. The second-order valence-electron chi connectivity index (χ2n) is 13.9. The van der Waals surface area contributed by atoms with Crippen molar-refractivity contribution in [3.8, 4) is 33.4 Å². The van der Waals surface area contributed by atoms with Gasteiger partial charge in [-0.3, -0.25) is 4.98 Å². The first-order valence-electron chi connectivity index (χ1n) is 18.4. The predicted molar refractivity (Wildman–Crippen MR) is 226 cm³/mol. The number of rotatable bonds is 6. The Bertz CT molecular complexity index is 2890. The molecule has 0 aliphatic carbocycles. The summed E-state index contributed by atoms with van der Waals surface area (Å²) in [6, 6.07) is 65.0. The molecule has 0 saturated carbocycles. The highest BCUT2D eigenvalue weighted by molar-refractivity contribution is 6.05. The van der Waals surface area contributed by atoms with Gasteiger partial charge in [0.1, 0.15) is 5.84 Å². The maximum atomic E-state index is 5.28. The third-order valence-corrected chi connectivity index (χ3v) is 10.6. The van der Waals surface area contributed by atoms with Crippen molar-refractivity contribution in [1.29, 1.82) is 0 Å². The zero-order valence-corrected chi connectivity index (χ0v) is 29.5. The van der Waals surface area contributed by atoms with E-state index < -0.39 is 0 Å². The van der Waals surface area contributed by atoms with E-state index in [-0.39, 0.29) is 6.04 Å². The average molecular weight is 690 g/mol. The van der Waals surface area contributed by atoms with Gasteiger partial charge in [-0.05, 0) is 78.0 Å². The number of aliphatic imine (C=N–C) groups is 1. The molecule has 8 aromatic carbocycles. The number of hydrogen-bond donors (Lipinski definition) is 1. The molecule has 3 nitrogen and oxygen atoms in total. The Morgan fingerprint density at radius 3 is 1.59 bits per heavy atom. The molecule has 0 radical (unpaired) electrons. The summed E-state index contributed by atoms with van der Waals surface area (Å²) in [7, 11) is 0. The van der Waals surface area contributed by atoms with Gasteiger partial charge in [0.25, 0.3) is 0 Å². The van der Waals surface area contributed by atoms with Gasteiger partial charge in [0, 0.05) is 28.9 Å². The summed E-state index contributed by atoms with van der Waals surface area (Å²) >= 11 is 0. The lowest BCUT2D eigenvalue weighted by Crippen LogP contribution is -2.31. The lowest BCUT2D eigenvalue weighted by Gasteiger charge is -2.25. The highest BCUT2D eigenvalue weighted by Crippen LogP contribution is 2.35. The fraction of sp³-hybridized carbons (Fsp3) is 0.0196. The summed E-state index contributed by atoms with van der Waals surface area (Å²) < 4.78 is 0. The number of nitrogens with zero attached hydrogens (tertiary/aromatic N) is 2. The summed E-state index contributed by atoms with van der Waals surface area (Å²) in [6.45, 7) is 0. The number of amidine groups is 1. The van der Waals surface area contributed by atoms with Crippen molar-refractivity contribution in [2.45, 2.75) is 6.04 Å². The Morgan fingerprint density at radius 1 is 0.389 bits per heavy atom. The number of aromatic nitrogens is 1. The molecule has 3 heteroatoms. The normalized spacial score (nSPS) is 14.1. The molecule has 0 saturated heterocycles. The van der Waals surface area contributed by atoms with Crippen molar-refractivity contribution < 1.29 is 0 Å². The van der Waals surface area contributed by atoms with Crippen LogP contribution in [0.1, 0.15) is 22.7 Å². The minimum absolute atomic E-state index is 0.0953. The van der Waals surface area contributed by atoms with E-state index in [0.717, 1.165) is 39.2 Å². The fourth-order valence-corrected chi connectivity index (χ4v) is 7.85. The van der Waals surface area contributed by atoms with Crippen molar-refractivity contribution >= 4 is 43.9 Å². The van der Waals surface area contributed by atoms with Gasteiger partial charge in [-0.1, -0.05) is 176 Å². The van der Waals surface area contributed by atoms with Crippen LogP contribution in [0.15, 0.2) is 205 Å². The Balaban J connectivity index is 1.04.